The van der Waals surface area contributed by atoms with E-state index in [0.717, 1.165) is 11.3 Å². The van der Waals surface area contributed by atoms with Crippen LogP contribution in [0.15, 0.2) is 70.5 Å². The van der Waals surface area contributed by atoms with E-state index >= 15 is 0 Å². The smallest absolute Gasteiger partial charge is 0.270 e. The van der Waals surface area contributed by atoms with Gasteiger partial charge in [0.1, 0.15) is 5.75 Å². The Hall–Kier alpha value is -2.46. The quantitative estimate of drug-likeness (QED) is 0.168. The number of thioether (sulfide) groups is 1. The number of ether oxygens (including phenoxy) is 1. The predicted octanol–water partition coefficient (Wildman–Crippen LogP) is 7.09. The summed E-state index contributed by atoms with van der Waals surface area (Å²) in [6.07, 6.45) is 0. The van der Waals surface area contributed by atoms with Crippen molar-refractivity contribution in [2.24, 2.45) is 0 Å². The van der Waals surface area contributed by atoms with Crippen LogP contribution in [0.1, 0.15) is 5.56 Å². The fourth-order valence-electron chi connectivity index (χ4n) is 2.21. The molecular weight excluding hydrogens is 483 g/mol. The highest BCUT2D eigenvalue weighted by molar-refractivity contribution is 7.98. The molecule has 0 saturated carbocycles. The molecule has 0 radical (unpaired) electrons. The van der Waals surface area contributed by atoms with Gasteiger partial charge in [-0.25, -0.2) is 0 Å². The van der Waals surface area contributed by atoms with Crippen molar-refractivity contribution in [3.05, 3.63) is 96.5 Å². The lowest BCUT2D eigenvalue weighted by Gasteiger charge is -2.05. The summed E-state index contributed by atoms with van der Waals surface area (Å²) in [4.78, 5) is 21.2. The Morgan fingerprint density at radius 3 is 1.97 bits per heavy atom. The van der Waals surface area contributed by atoms with Gasteiger partial charge in [-0.05, 0) is 29.8 Å². The van der Waals surface area contributed by atoms with Crippen LogP contribution in [0.3, 0.4) is 0 Å². The van der Waals surface area contributed by atoms with Gasteiger partial charge in [-0.15, -0.1) is 24.4 Å². The number of thiol groups is 1. The highest BCUT2D eigenvalue weighted by atomic mass is 35.5. The minimum absolute atomic E-state index is 0.000556. The van der Waals surface area contributed by atoms with Crippen LogP contribution in [-0.4, -0.2) is 17.0 Å². The molecule has 0 bridgehead atoms. The van der Waals surface area contributed by atoms with Crippen molar-refractivity contribution in [3.63, 3.8) is 0 Å². The molecule has 3 rings (SSSR count). The molecule has 0 spiro atoms. The van der Waals surface area contributed by atoms with Gasteiger partial charge >= 0.3 is 0 Å². The average molecular weight is 499 g/mol. The molecule has 0 unspecified atom stereocenters. The molecule has 162 valence electrons. The minimum atomic E-state index is -0.490. The Labute approximate surface area is 198 Å². The Balaban J connectivity index is 0.000000262. The summed E-state index contributed by atoms with van der Waals surface area (Å²) < 4.78 is 5.09. The number of benzene rings is 3. The second-order valence-electron chi connectivity index (χ2n) is 5.90. The zero-order valence-corrected chi connectivity index (χ0v) is 19.3. The predicted molar refractivity (Wildman–Crippen MR) is 126 cm³/mol. The molecule has 31 heavy (non-hydrogen) atoms. The van der Waals surface area contributed by atoms with Crippen molar-refractivity contribution in [1.82, 2.24) is 0 Å². The van der Waals surface area contributed by atoms with Crippen molar-refractivity contribution in [2.45, 2.75) is 15.5 Å². The maximum Gasteiger partial charge on any atom is 0.270 e. The number of methoxy groups -OCH3 is 1. The van der Waals surface area contributed by atoms with Crippen LogP contribution in [0.4, 0.5) is 11.4 Å². The van der Waals surface area contributed by atoms with Gasteiger partial charge in [0.05, 0.1) is 27.0 Å². The Bertz CT molecular complexity index is 1080. The van der Waals surface area contributed by atoms with E-state index in [1.807, 2.05) is 24.3 Å². The fraction of sp³-hybridized carbons (Fsp3) is 0.100. The van der Waals surface area contributed by atoms with E-state index < -0.39 is 9.85 Å². The summed E-state index contributed by atoms with van der Waals surface area (Å²) in [5.41, 5.74) is 1.14. The highest BCUT2D eigenvalue weighted by Crippen LogP contribution is 2.33. The maximum atomic E-state index is 10.7. The first-order chi connectivity index (χ1) is 14.7. The summed E-state index contributed by atoms with van der Waals surface area (Å²) in [5, 5.41) is 21.9. The van der Waals surface area contributed by atoms with Crippen LogP contribution in [0.5, 0.6) is 5.75 Å². The topological polar surface area (TPSA) is 95.5 Å². The first-order valence-corrected chi connectivity index (χ1v) is 10.7. The zero-order valence-electron chi connectivity index (χ0n) is 16.0. The molecule has 0 aliphatic heterocycles. The van der Waals surface area contributed by atoms with Crippen molar-refractivity contribution < 1.29 is 14.6 Å². The number of hydrogen-bond donors (Lipinski definition) is 1. The van der Waals surface area contributed by atoms with E-state index in [2.05, 4.69) is 12.6 Å². The summed E-state index contributed by atoms with van der Waals surface area (Å²) in [6, 6.07) is 16.2. The van der Waals surface area contributed by atoms with E-state index in [4.69, 9.17) is 27.9 Å². The van der Waals surface area contributed by atoms with Crippen molar-refractivity contribution in [1.29, 1.82) is 0 Å². The Morgan fingerprint density at radius 2 is 1.45 bits per heavy atom. The molecule has 3 aromatic rings. The SMILES string of the molecule is COc1ccc(CSc2cc([N+](=O)[O-])ccc2Cl)cc1.O=[N+]([O-])c1ccc(Cl)c(S)c1. The van der Waals surface area contributed by atoms with Crippen LogP contribution < -0.4 is 4.74 Å². The van der Waals surface area contributed by atoms with Gasteiger partial charge in [0, 0.05) is 39.8 Å². The lowest BCUT2D eigenvalue weighted by Crippen LogP contribution is -1.89. The third-order valence-electron chi connectivity index (χ3n) is 3.82. The molecule has 0 saturated heterocycles. The molecular formula is C20H16Cl2N2O5S2. The van der Waals surface area contributed by atoms with E-state index in [9.17, 15) is 20.2 Å². The average Bonchev–Trinajstić information content (AvgIpc) is 2.75. The van der Waals surface area contributed by atoms with Gasteiger partial charge in [0.2, 0.25) is 0 Å². The first kappa shape index (κ1) is 24.8. The molecule has 3 aromatic carbocycles. The second-order valence-corrected chi connectivity index (χ2v) is 8.21. The number of halogens is 2. The molecule has 0 N–H and O–H groups in total. The Morgan fingerprint density at radius 1 is 0.903 bits per heavy atom. The number of nitro groups is 2. The van der Waals surface area contributed by atoms with Crippen LogP contribution in [-0.2, 0) is 5.75 Å². The van der Waals surface area contributed by atoms with Gasteiger partial charge < -0.3 is 4.74 Å². The highest BCUT2D eigenvalue weighted by Gasteiger charge is 2.10. The third-order valence-corrected chi connectivity index (χ3v) is 6.22. The van der Waals surface area contributed by atoms with Gasteiger partial charge in [-0.3, -0.25) is 20.2 Å². The van der Waals surface area contributed by atoms with E-state index in [1.165, 1.54) is 42.1 Å². The van der Waals surface area contributed by atoms with E-state index in [0.29, 0.717) is 25.6 Å². The van der Waals surface area contributed by atoms with Crippen molar-refractivity contribution in [3.8, 4) is 5.75 Å². The first-order valence-electron chi connectivity index (χ1n) is 8.54. The molecule has 0 aromatic heterocycles. The van der Waals surface area contributed by atoms with Crippen LogP contribution in [0.25, 0.3) is 0 Å². The number of non-ortho nitro benzene ring substituents is 2. The summed E-state index contributed by atoms with van der Waals surface area (Å²) in [7, 11) is 1.62. The van der Waals surface area contributed by atoms with Crippen molar-refractivity contribution in [2.75, 3.05) is 7.11 Å². The van der Waals surface area contributed by atoms with E-state index in [-0.39, 0.29) is 11.4 Å². The third kappa shape index (κ3) is 7.62. The number of rotatable bonds is 6. The molecule has 0 aliphatic carbocycles. The molecule has 0 aliphatic rings. The fourth-order valence-corrected chi connectivity index (χ4v) is 3.74. The van der Waals surface area contributed by atoms with Gasteiger partial charge in [0.25, 0.3) is 11.4 Å². The Kier molecular flexibility index (Phi) is 9.44. The summed E-state index contributed by atoms with van der Waals surface area (Å²) in [5.74, 6) is 1.48. The molecule has 0 atom stereocenters. The molecule has 0 amide bonds. The second kappa shape index (κ2) is 11.8. The monoisotopic (exact) mass is 498 g/mol. The maximum absolute atomic E-state index is 10.7. The van der Waals surface area contributed by atoms with Crippen LogP contribution >= 0.6 is 47.6 Å². The molecule has 0 fully saturated rings. The van der Waals surface area contributed by atoms with Crippen LogP contribution in [0.2, 0.25) is 10.0 Å². The van der Waals surface area contributed by atoms with Gasteiger partial charge in [-0.2, -0.15) is 0 Å². The molecule has 11 heteroatoms. The normalized spacial score (nSPS) is 10.1. The summed E-state index contributed by atoms with van der Waals surface area (Å²) >= 11 is 17.0. The largest absolute Gasteiger partial charge is 0.497 e. The van der Waals surface area contributed by atoms with E-state index in [1.54, 1.807) is 13.2 Å². The lowest BCUT2D eigenvalue weighted by atomic mass is 10.2. The minimum Gasteiger partial charge on any atom is -0.497 e. The number of nitrogens with zero attached hydrogens (tertiary/aromatic N) is 2. The number of nitro benzene ring substituents is 2. The lowest BCUT2D eigenvalue weighted by molar-refractivity contribution is -0.385. The molecule has 7 nitrogen and oxygen atoms in total. The van der Waals surface area contributed by atoms with Crippen molar-refractivity contribution >= 4 is 59.0 Å². The number of hydrogen-bond acceptors (Lipinski definition) is 7. The van der Waals surface area contributed by atoms with Gasteiger partial charge in [0.15, 0.2) is 0 Å². The molecule has 0 heterocycles. The summed E-state index contributed by atoms with van der Waals surface area (Å²) in [6.45, 7) is 0. The standard InChI is InChI=1S/C14H12ClNO3S.C6H4ClNO2S/c1-19-12-5-2-10(3-6-12)9-20-14-8-11(16(17)18)4-7-13(14)15;7-5-2-1-4(8(9)10)3-6(5)11/h2-8H,9H2,1H3;1-3,11H. The van der Waals surface area contributed by atoms with Gasteiger partial charge in [-0.1, -0.05) is 35.3 Å². The van der Waals surface area contributed by atoms with Crippen LogP contribution in [0, 0.1) is 20.2 Å². The zero-order chi connectivity index (χ0) is 23.0.